The van der Waals surface area contributed by atoms with Crippen LogP contribution in [0.1, 0.15) is 79.6 Å². The first-order valence-electron chi connectivity index (χ1n) is 16.9. The van der Waals surface area contributed by atoms with Crippen LogP contribution in [0.3, 0.4) is 0 Å². The molecule has 3 aromatic carbocycles. The van der Waals surface area contributed by atoms with Crippen molar-refractivity contribution in [3.63, 3.8) is 0 Å². The highest BCUT2D eigenvalue weighted by molar-refractivity contribution is 7.99. The number of thioether (sulfide) groups is 1. The molecule has 1 heterocycles. The molecule has 8 heteroatoms. The summed E-state index contributed by atoms with van der Waals surface area (Å²) in [5.74, 6) is 3.86. The lowest BCUT2D eigenvalue weighted by atomic mass is 9.53. The summed E-state index contributed by atoms with van der Waals surface area (Å²) >= 11 is 1.69. The van der Waals surface area contributed by atoms with Crippen LogP contribution in [0.5, 0.6) is 0 Å². The van der Waals surface area contributed by atoms with E-state index in [4.69, 9.17) is 9.47 Å². The molecule has 244 valence electrons. The van der Waals surface area contributed by atoms with E-state index in [0.717, 1.165) is 82.6 Å². The lowest BCUT2D eigenvalue weighted by Gasteiger charge is -2.56. The Hall–Kier alpha value is -2.88. The average Bonchev–Trinajstić information content (AvgIpc) is 3.07. The van der Waals surface area contributed by atoms with Gasteiger partial charge in [-0.15, -0.1) is 0 Å². The largest absolute Gasteiger partial charge is 0.396 e. The van der Waals surface area contributed by atoms with Gasteiger partial charge in [-0.3, -0.25) is 0 Å². The normalized spacial score (nSPS) is 29.9. The van der Waals surface area contributed by atoms with E-state index in [0.29, 0.717) is 12.3 Å². The Labute approximate surface area is 276 Å². The number of ether oxygens (including phenoxy) is 2. The van der Waals surface area contributed by atoms with Gasteiger partial charge >= 0.3 is 6.03 Å². The summed E-state index contributed by atoms with van der Waals surface area (Å²) in [5.41, 5.74) is 6.16. The van der Waals surface area contributed by atoms with E-state index in [9.17, 15) is 15.0 Å². The molecule has 4 bridgehead atoms. The van der Waals surface area contributed by atoms with E-state index in [1.165, 1.54) is 19.3 Å². The van der Waals surface area contributed by atoms with Gasteiger partial charge in [0, 0.05) is 35.6 Å². The summed E-state index contributed by atoms with van der Waals surface area (Å²) < 4.78 is 12.9. The number of nitrogens with one attached hydrogen (secondary N) is 2. The van der Waals surface area contributed by atoms with Gasteiger partial charge in [-0.2, -0.15) is 11.8 Å². The van der Waals surface area contributed by atoms with Crippen molar-refractivity contribution in [2.24, 2.45) is 17.8 Å². The van der Waals surface area contributed by atoms with Crippen LogP contribution in [0.25, 0.3) is 11.1 Å². The van der Waals surface area contributed by atoms with Crippen molar-refractivity contribution in [2.45, 2.75) is 82.1 Å². The highest BCUT2D eigenvalue weighted by atomic mass is 32.2. The molecule has 0 radical (unpaired) electrons. The summed E-state index contributed by atoms with van der Waals surface area (Å²) in [6, 6.07) is 24.6. The van der Waals surface area contributed by atoms with Gasteiger partial charge in [0.2, 0.25) is 0 Å². The molecule has 4 saturated carbocycles. The molecule has 0 unspecified atom stereocenters. The zero-order valence-corrected chi connectivity index (χ0v) is 27.2. The Kier molecular flexibility index (Phi) is 9.70. The molecular weight excluding hydrogens is 596 g/mol. The number of hydrogen-bond donors (Lipinski definition) is 4. The summed E-state index contributed by atoms with van der Waals surface area (Å²) in [5, 5.41) is 25.3. The van der Waals surface area contributed by atoms with Crippen molar-refractivity contribution in [2.75, 3.05) is 18.1 Å². The van der Waals surface area contributed by atoms with Crippen molar-refractivity contribution >= 4 is 17.8 Å². The number of aliphatic hydroxyl groups excluding tert-OH is 2. The van der Waals surface area contributed by atoms with E-state index in [1.54, 1.807) is 11.8 Å². The second kappa shape index (κ2) is 14.1. The molecule has 0 spiro atoms. The number of carbonyl (C=O) groups is 1. The average molecular weight is 643 g/mol. The summed E-state index contributed by atoms with van der Waals surface area (Å²) in [6.45, 7) is 0.655. The summed E-state index contributed by atoms with van der Waals surface area (Å²) in [7, 11) is 0. The van der Waals surface area contributed by atoms with Gasteiger partial charge in [0.05, 0.1) is 25.4 Å². The Morgan fingerprint density at radius 3 is 2.17 bits per heavy atom. The predicted molar refractivity (Wildman–Crippen MR) is 181 cm³/mol. The lowest BCUT2D eigenvalue weighted by molar-refractivity contribution is -0.245. The van der Waals surface area contributed by atoms with Gasteiger partial charge in [0.25, 0.3) is 0 Å². The first kappa shape index (κ1) is 31.7. The summed E-state index contributed by atoms with van der Waals surface area (Å²) in [6.07, 6.45) is 7.62. The molecule has 3 atom stereocenters. The smallest absolute Gasteiger partial charge is 0.315 e. The molecule has 46 heavy (non-hydrogen) atoms. The predicted octanol–water partition coefficient (Wildman–Crippen LogP) is 6.88. The van der Waals surface area contributed by atoms with Gasteiger partial charge < -0.3 is 30.3 Å². The van der Waals surface area contributed by atoms with Gasteiger partial charge in [-0.1, -0.05) is 66.7 Å². The Balaban J connectivity index is 0.985. The van der Waals surface area contributed by atoms with Crippen molar-refractivity contribution in [3.05, 3.63) is 95.1 Å². The van der Waals surface area contributed by atoms with Gasteiger partial charge in [-0.25, -0.2) is 4.79 Å². The van der Waals surface area contributed by atoms with Crippen molar-refractivity contribution < 1.29 is 24.5 Å². The van der Waals surface area contributed by atoms with Crippen LogP contribution in [-0.4, -0.2) is 46.0 Å². The van der Waals surface area contributed by atoms with E-state index in [2.05, 4.69) is 53.1 Å². The van der Waals surface area contributed by atoms with Crippen LogP contribution < -0.4 is 10.6 Å². The third-order valence-corrected chi connectivity index (χ3v) is 11.5. The van der Waals surface area contributed by atoms with Crippen molar-refractivity contribution in [3.8, 4) is 11.1 Å². The molecule has 7 nitrogen and oxygen atoms in total. The number of rotatable bonds is 11. The molecule has 0 aromatic heterocycles. The molecular formula is C38H46N2O5S. The third kappa shape index (κ3) is 7.32. The molecule has 1 saturated heterocycles. The molecule has 5 aliphatic rings. The highest BCUT2D eigenvalue weighted by Crippen LogP contribution is 2.55. The zero-order chi connectivity index (χ0) is 31.5. The maximum absolute atomic E-state index is 13.0. The van der Waals surface area contributed by atoms with Crippen LogP contribution in [0.2, 0.25) is 0 Å². The molecule has 4 aliphatic carbocycles. The quantitative estimate of drug-likeness (QED) is 0.170. The highest BCUT2D eigenvalue weighted by Gasteiger charge is 2.51. The molecule has 5 fully saturated rings. The topological polar surface area (TPSA) is 100 Å². The maximum atomic E-state index is 13.0. The van der Waals surface area contributed by atoms with E-state index in [1.807, 2.05) is 30.3 Å². The molecule has 4 N–H and O–H groups in total. The minimum Gasteiger partial charge on any atom is -0.396 e. The molecule has 1 aliphatic heterocycles. The van der Waals surface area contributed by atoms with Gasteiger partial charge in [0.1, 0.15) is 0 Å². The molecule has 3 aromatic rings. The first-order valence-corrected chi connectivity index (χ1v) is 18.1. The number of urea groups is 1. The van der Waals surface area contributed by atoms with E-state index >= 15 is 0 Å². The van der Waals surface area contributed by atoms with Crippen LogP contribution in [0.15, 0.2) is 72.8 Å². The number of aliphatic hydroxyl groups is 2. The van der Waals surface area contributed by atoms with Gasteiger partial charge in [-0.05, 0) is 90.2 Å². The zero-order valence-electron chi connectivity index (χ0n) is 26.4. The van der Waals surface area contributed by atoms with Crippen LogP contribution in [0, 0.1) is 17.8 Å². The standard InChI is InChI=1S/C38H46N2O5S/c41-12-13-46-24-34-18-35(31-6-4-25(23-42)5-7-31)45-36(44-34)32-10-8-30(9-11-32)33-3-1-2-26(17-33)22-39-37(43)40-38-19-27-14-28(20-38)16-29(15-27)21-38/h1-11,17,27-29,34-36,41-42H,12-16,18-24H2,(H2,39,40,43)/t27?,28?,29?,34-,35+,36+,38?/m0/s1. The molecule has 8 rings (SSSR count). The fraction of sp³-hybridized carbons (Fsp3) is 0.500. The SMILES string of the molecule is O=C(NCc1cccc(-c2ccc([C@@H]3O[C@H](CSCCO)C[C@H](c4ccc(CO)cc4)O3)cc2)c1)NC12CC3CC(CC(C3)C1)C2. The van der Waals surface area contributed by atoms with Crippen molar-refractivity contribution in [1.82, 2.24) is 10.6 Å². The minimum atomic E-state index is -0.506. The van der Waals surface area contributed by atoms with Crippen LogP contribution in [0.4, 0.5) is 4.79 Å². The van der Waals surface area contributed by atoms with Crippen LogP contribution in [-0.2, 0) is 22.6 Å². The van der Waals surface area contributed by atoms with E-state index < -0.39 is 6.29 Å². The lowest BCUT2D eigenvalue weighted by Crippen LogP contribution is -2.61. The second-order valence-corrected chi connectivity index (χ2v) is 15.1. The number of amides is 2. The number of benzene rings is 3. The third-order valence-electron chi connectivity index (χ3n) is 10.5. The second-order valence-electron chi connectivity index (χ2n) is 14.0. The Morgan fingerprint density at radius 2 is 1.50 bits per heavy atom. The molecule has 2 amide bonds. The first-order chi connectivity index (χ1) is 22.5. The monoisotopic (exact) mass is 642 g/mol. The van der Waals surface area contributed by atoms with Crippen LogP contribution >= 0.6 is 11.8 Å². The Bertz CT molecular complexity index is 1440. The summed E-state index contributed by atoms with van der Waals surface area (Å²) in [4.78, 5) is 13.0. The number of carbonyl (C=O) groups excluding carboxylic acids is 1. The van der Waals surface area contributed by atoms with Crippen molar-refractivity contribution in [1.29, 1.82) is 0 Å². The van der Waals surface area contributed by atoms with E-state index in [-0.39, 0.29) is 37.0 Å². The fourth-order valence-corrected chi connectivity index (χ4v) is 9.50. The number of hydrogen-bond acceptors (Lipinski definition) is 6. The van der Waals surface area contributed by atoms with Gasteiger partial charge in [0.15, 0.2) is 6.29 Å². The fourth-order valence-electron chi connectivity index (χ4n) is 8.73. The maximum Gasteiger partial charge on any atom is 0.315 e. The Morgan fingerprint density at radius 1 is 0.804 bits per heavy atom. The minimum absolute atomic E-state index is 0.0109.